The Morgan fingerprint density at radius 2 is 2.00 bits per heavy atom. The molecule has 0 aliphatic carbocycles. The zero-order valence-electron chi connectivity index (χ0n) is 15.0. The van der Waals surface area contributed by atoms with Crippen molar-refractivity contribution >= 4 is 40.0 Å². The van der Waals surface area contributed by atoms with Crippen molar-refractivity contribution < 1.29 is 21.6 Å². The lowest BCUT2D eigenvalue weighted by atomic mass is 10.1. The predicted octanol–water partition coefficient (Wildman–Crippen LogP) is 1.99. The van der Waals surface area contributed by atoms with Crippen LogP contribution in [0.4, 0.5) is 13.2 Å². The third-order valence-corrected chi connectivity index (χ3v) is 5.82. The summed E-state index contributed by atoms with van der Waals surface area (Å²) in [6.45, 7) is 2.02. The number of nitrogens with one attached hydrogen (secondary N) is 2. The van der Waals surface area contributed by atoms with E-state index in [2.05, 4.69) is 20.6 Å². The summed E-state index contributed by atoms with van der Waals surface area (Å²) in [4.78, 5) is 8.35. The molecule has 0 amide bonds. The van der Waals surface area contributed by atoms with Crippen LogP contribution in [0.3, 0.4) is 0 Å². The van der Waals surface area contributed by atoms with E-state index in [-0.39, 0.29) is 55.9 Å². The zero-order valence-corrected chi connectivity index (χ0v) is 18.1. The minimum absolute atomic E-state index is 0. The Morgan fingerprint density at radius 3 is 2.52 bits per heavy atom. The summed E-state index contributed by atoms with van der Waals surface area (Å²) in [5, 5.41) is 6.22. The lowest BCUT2D eigenvalue weighted by Crippen LogP contribution is -2.51. The molecule has 154 valence electrons. The lowest BCUT2D eigenvalue weighted by Gasteiger charge is -2.32. The molecular weight excluding hydrogens is 498 g/mol. The molecule has 1 fully saturated rings. The van der Waals surface area contributed by atoms with E-state index >= 15 is 0 Å². The van der Waals surface area contributed by atoms with Gasteiger partial charge in [-0.1, -0.05) is 6.07 Å². The van der Waals surface area contributed by atoms with Gasteiger partial charge in [0.2, 0.25) is 0 Å². The van der Waals surface area contributed by atoms with Gasteiger partial charge in [0.05, 0.1) is 12.2 Å². The van der Waals surface area contributed by atoms with Gasteiger partial charge in [-0.3, -0.25) is 9.98 Å². The van der Waals surface area contributed by atoms with Gasteiger partial charge in [-0.15, -0.1) is 24.0 Å². The highest BCUT2D eigenvalue weighted by Crippen LogP contribution is 2.28. The van der Waals surface area contributed by atoms with Crippen LogP contribution in [0, 0.1) is 6.92 Å². The van der Waals surface area contributed by atoms with Crippen molar-refractivity contribution in [3.05, 3.63) is 29.6 Å². The predicted molar refractivity (Wildman–Crippen MR) is 107 cm³/mol. The number of pyridine rings is 1. The van der Waals surface area contributed by atoms with E-state index < -0.39 is 15.5 Å². The number of guanidine groups is 1. The molecule has 1 saturated heterocycles. The minimum atomic E-state index is -5.26. The zero-order chi connectivity index (χ0) is 19.4. The van der Waals surface area contributed by atoms with Crippen molar-refractivity contribution in [1.29, 1.82) is 0 Å². The third kappa shape index (κ3) is 6.17. The normalized spacial score (nSPS) is 17.3. The highest BCUT2D eigenvalue weighted by atomic mass is 127. The van der Waals surface area contributed by atoms with E-state index in [0.29, 0.717) is 16.8 Å². The molecule has 27 heavy (non-hydrogen) atoms. The Kier molecular flexibility index (Phi) is 8.73. The Balaban J connectivity index is 0.00000364. The quantitative estimate of drug-likeness (QED) is 0.360. The average Bonchev–Trinajstić information content (AvgIpc) is 2.59. The fourth-order valence-electron chi connectivity index (χ4n) is 2.65. The summed E-state index contributed by atoms with van der Waals surface area (Å²) in [6.07, 6.45) is 2.22. The molecule has 0 unspecified atom stereocenters. The molecule has 0 radical (unpaired) electrons. The maximum Gasteiger partial charge on any atom is 0.511 e. The van der Waals surface area contributed by atoms with Crippen molar-refractivity contribution in [2.45, 2.75) is 37.9 Å². The number of hydrogen-bond donors (Lipinski definition) is 2. The highest BCUT2D eigenvalue weighted by Gasteiger charge is 2.50. The Bertz CT molecular complexity index is 750. The number of sulfonamides is 1. The van der Waals surface area contributed by atoms with Gasteiger partial charge in [0.15, 0.2) is 5.96 Å². The molecule has 1 aliphatic heterocycles. The van der Waals surface area contributed by atoms with Crippen molar-refractivity contribution in [2.24, 2.45) is 4.99 Å². The second-order valence-corrected chi connectivity index (χ2v) is 7.89. The molecular formula is C15H23F3IN5O2S. The molecule has 0 atom stereocenters. The molecule has 12 heteroatoms. The monoisotopic (exact) mass is 521 g/mol. The molecule has 0 saturated carbocycles. The van der Waals surface area contributed by atoms with Gasteiger partial charge in [-0.05, 0) is 31.4 Å². The number of nitrogens with zero attached hydrogens (tertiary/aromatic N) is 3. The van der Waals surface area contributed by atoms with Gasteiger partial charge in [0.1, 0.15) is 0 Å². The molecule has 0 spiro atoms. The molecule has 2 N–H and O–H groups in total. The standard InChI is InChI=1S/C15H22F3N5O2S.HI/c1-11-4-3-7-20-13(11)10-21-14(19-2)22-12-5-8-23(9-6-12)26(24,25)15(16,17)18;/h3-4,7,12H,5-6,8-10H2,1-2H3,(H2,19,21,22);1H. The molecule has 2 rings (SSSR count). The number of aromatic nitrogens is 1. The van der Waals surface area contributed by atoms with Crippen LogP contribution in [0.2, 0.25) is 0 Å². The summed E-state index contributed by atoms with van der Waals surface area (Å²) >= 11 is 0. The van der Waals surface area contributed by atoms with Gasteiger partial charge in [-0.2, -0.15) is 17.5 Å². The van der Waals surface area contributed by atoms with E-state index in [9.17, 15) is 21.6 Å². The van der Waals surface area contributed by atoms with Crippen LogP contribution in [0.1, 0.15) is 24.1 Å². The van der Waals surface area contributed by atoms with Crippen molar-refractivity contribution in [3.63, 3.8) is 0 Å². The number of aliphatic imine (C=N–C) groups is 1. The third-order valence-electron chi connectivity index (χ3n) is 4.19. The molecule has 2 heterocycles. The van der Waals surface area contributed by atoms with Crippen LogP contribution >= 0.6 is 24.0 Å². The Labute approximate surface area is 173 Å². The van der Waals surface area contributed by atoms with Gasteiger partial charge in [0.25, 0.3) is 0 Å². The average molecular weight is 521 g/mol. The van der Waals surface area contributed by atoms with Crippen LogP contribution in [0.15, 0.2) is 23.3 Å². The van der Waals surface area contributed by atoms with Crippen LogP contribution in [0.5, 0.6) is 0 Å². The number of piperidine rings is 1. The fraction of sp³-hybridized carbons (Fsp3) is 0.600. The van der Waals surface area contributed by atoms with Crippen molar-refractivity contribution in [2.75, 3.05) is 20.1 Å². The van der Waals surface area contributed by atoms with E-state index in [4.69, 9.17) is 0 Å². The van der Waals surface area contributed by atoms with E-state index in [1.54, 1.807) is 13.2 Å². The Morgan fingerprint density at radius 1 is 1.37 bits per heavy atom. The largest absolute Gasteiger partial charge is 0.511 e. The number of rotatable bonds is 4. The maximum atomic E-state index is 12.6. The second-order valence-electron chi connectivity index (χ2n) is 5.96. The van der Waals surface area contributed by atoms with Gasteiger partial charge < -0.3 is 10.6 Å². The highest BCUT2D eigenvalue weighted by molar-refractivity contribution is 14.0. The minimum Gasteiger partial charge on any atom is -0.354 e. The van der Waals surface area contributed by atoms with Crippen molar-refractivity contribution in [3.8, 4) is 0 Å². The first-order valence-electron chi connectivity index (χ1n) is 8.09. The lowest BCUT2D eigenvalue weighted by molar-refractivity contribution is -0.0494. The van der Waals surface area contributed by atoms with Gasteiger partial charge in [0, 0.05) is 32.4 Å². The van der Waals surface area contributed by atoms with Crippen LogP contribution in [-0.4, -0.2) is 55.4 Å². The van der Waals surface area contributed by atoms with Crippen LogP contribution in [-0.2, 0) is 16.6 Å². The van der Waals surface area contributed by atoms with Gasteiger partial charge in [-0.25, -0.2) is 8.42 Å². The van der Waals surface area contributed by atoms with Gasteiger partial charge >= 0.3 is 15.5 Å². The number of aryl methyl sites for hydroxylation is 1. The SMILES string of the molecule is CN=C(NCc1ncccc1C)NC1CCN(S(=O)(=O)C(F)(F)F)CC1.I. The molecule has 1 aliphatic rings. The number of hydrogen-bond acceptors (Lipinski definition) is 4. The summed E-state index contributed by atoms with van der Waals surface area (Å²) < 4.78 is 61.1. The van der Waals surface area contributed by atoms with Crippen LogP contribution < -0.4 is 10.6 Å². The molecule has 1 aromatic rings. The van der Waals surface area contributed by atoms with Crippen LogP contribution in [0.25, 0.3) is 0 Å². The fourth-order valence-corrected chi connectivity index (χ4v) is 3.63. The molecule has 0 aromatic carbocycles. The van der Waals surface area contributed by atoms with E-state index in [1.807, 2.05) is 19.1 Å². The number of alkyl halides is 3. The van der Waals surface area contributed by atoms with E-state index in [0.717, 1.165) is 11.3 Å². The van der Waals surface area contributed by atoms with E-state index in [1.165, 1.54) is 0 Å². The molecule has 7 nitrogen and oxygen atoms in total. The first-order chi connectivity index (χ1) is 12.1. The molecule has 1 aromatic heterocycles. The molecule has 0 bridgehead atoms. The van der Waals surface area contributed by atoms with Crippen molar-refractivity contribution in [1.82, 2.24) is 19.9 Å². The second kappa shape index (κ2) is 9.87. The summed E-state index contributed by atoms with van der Waals surface area (Å²) in [5.41, 5.74) is -3.37. The Hall–Kier alpha value is -1.15. The smallest absolute Gasteiger partial charge is 0.354 e. The maximum absolute atomic E-state index is 12.6. The first-order valence-corrected chi connectivity index (χ1v) is 9.53. The topological polar surface area (TPSA) is 86.7 Å². The summed E-state index contributed by atoms with van der Waals surface area (Å²) in [7, 11) is -3.67. The summed E-state index contributed by atoms with van der Waals surface area (Å²) in [6, 6.07) is 3.62. The summed E-state index contributed by atoms with van der Waals surface area (Å²) in [5.74, 6) is 0.493. The number of halogens is 4. The first kappa shape index (κ1) is 23.9.